The van der Waals surface area contributed by atoms with Crippen molar-refractivity contribution in [1.29, 1.82) is 0 Å². The number of rotatable bonds is 7. The minimum absolute atomic E-state index is 0.0436. The maximum Gasteiger partial charge on any atom is 0.375 e. The van der Waals surface area contributed by atoms with Gasteiger partial charge in [-0.3, -0.25) is 10.6 Å². The normalized spacial score (nSPS) is 12.5. The topological polar surface area (TPSA) is 169 Å². The molecule has 0 bridgehead atoms. The van der Waals surface area contributed by atoms with E-state index in [4.69, 9.17) is 21.1 Å². The molecule has 1 unspecified atom stereocenters. The standard InChI is InChI=1S/C22H27N7O5/c1-5-28(24)15(20(31)34-22(2,3)4)19(30)29-16(23)14-17(26-12-25-14)27-18(29)21(32)33-11-13-9-7-6-8-10-13/h6-10,12,15H,5,11,23-24H2,1-4H3. The number of hydrazine groups is 1. The van der Waals surface area contributed by atoms with Gasteiger partial charge < -0.3 is 15.2 Å². The van der Waals surface area contributed by atoms with Gasteiger partial charge in [0.05, 0.1) is 0 Å². The third kappa shape index (κ3) is 5.35. The van der Waals surface area contributed by atoms with Crippen LogP contribution in [0.3, 0.4) is 0 Å². The number of imidazole rings is 1. The van der Waals surface area contributed by atoms with Gasteiger partial charge in [0.2, 0.25) is 11.9 Å². The van der Waals surface area contributed by atoms with Crippen molar-refractivity contribution in [3.05, 3.63) is 48.0 Å². The molecule has 1 aromatic carbocycles. The predicted molar refractivity (Wildman–Crippen MR) is 121 cm³/mol. The van der Waals surface area contributed by atoms with Crippen LogP contribution in [0.5, 0.6) is 0 Å². The number of carbonyl (C=O) groups is 3. The lowest BCUT2D eigenvalue weighted by atomic mass is 10.1. The highest BCUT2D eigenvalue weighted by Crippen LogP contribution is 2.25. The van der Waals surface area contributed by atoms with Gasteiger partial charge in [0.15, 0.2) is 11.5 Å². The molecule has 180 valence electrons. The van der Waals surface area contributed by atoms with Crippen LogP contribution in [-0.4, -0.2) is 60.6 Å². The fourth-order valence-electron chi connectivity index (χ4n) is 3.08. The van der Waals surface area contributed by atoms with Crippen molar-refractivity contribution in [1.82, 2.24) is 24.5 Å². The van der Waals surface area contributed by atoms with Crippen LogP contribution in [0, 0.1) is 0 Å². The maximum absolute atomic E-state index is 13.6. The highest BCUT2D eigenvalue weighted by Gasteiger charge is 2.39. The molecular weight excluding hydrogens is 442 g/mol. The van der Waals surface area contributed by atoms with Gasteiger partial charge in [-0.25, -0.2) is 34.1 Å². The average Bonchev–Trinajstić information content (AvgIpc) is 3.26. The van der Waals surface area contributed by atoms with Crippen molar-refractivity contribution in [2.45, 2.75) is 45.9 Å². The molecule has 1 aromatic rings. The number of aromatic nitrogens is 4. The van der Waals surface area contributed by atoms with Crippen molar-refractivity contribution in [3.8, 4) is 11.5 Å². The van der Waals surface area contributed by atoms with E-state index in [2.05, 4.69) is 15.0 Å². The molecule has 3 rings (SSSR count). The van der Waals surface area contributed by atoms with E-state index in [-0.39, 0.29) is 30.5 Å². The summed E-state index contributed by atoms with van der Waals surface area (Å²) in [5.41, 5.74) is 6.11. The quantitative estimate of drug-likeness (QED) is 0.221. The van der Waals surface area contributed by atoms with Gasteiger partial charge in [-0.1, -0.05) is 37.3 Å². The number of likely N-dealkylation sites (N-methyl/N-ethyl adjacent to an activating group) is 1. The zero-order chi connectivity index (χ0) is 25.0. The van der Waals surface area contributed by atoms with E-state index in [1.807, 2.05) is 6.07 Å². The van der Waals surface area contributed by atoms with Crippen LogP contribution < -0.4 is 11.6 Å². The Hall–Kier alpha value is -3.90. The van der Waals surface area contributed by atoms with Gasteiger partial charge in [0, 0.05) is 6.54 Å². The molecule has 0 aromatic heterocycles. The fourth-order valence-corrected chi connectivity index (χ4v) is 3.08. The highest BCUT2D eigenvalue weighted by atomic mass is 16.6. The van der Waals surface area contributed by atoms with Crippen molar-refractivity contribution < 1.29 is 23.9 Å². The van der Waals surface area contributed by atoms with Crippen molar-refractivity contribution in [2.24, 2.45) is 5.84 Å². The molecule has 0 fully saturated rings. The first-order chi connectivity index (χ1) is 16.0. The minimum Gasteiger partial charge on any atom is -0.458 e. The van der Waals surface area contributed by atoms with Crippen LogP contribution in [0.25, 0.3) is 11.5 Å². The molecular formula is C22H27N7O5. The summed E-state index contributed by atoms with van der Waals surface area (Å²) in [6.07, 6.45) is 1.19. The van der Waals surface area contributed by atoms with Crippen molar-refractivity contribution in [3.63, 3.8) is 0 Å². The van der Waals surface area contributed by atoms with Crippen LogP contribution in [0.15, 0.2) is 36.7 Å². The maximum atomic E-state index is 13.6. The van der Waals surface area contributed by atoms with E-state index in [1.54, 1.807) is 52.0 Å². The van der Waals surface area contributed by atoms with Crippen LogP contribution in [-0.2, 0) is 20.9 Å². The summed E-state index contributed by atoms with van der Waals surface area (Å²) in [5.74, 6) is 2.51. The number of hydrogen-bond donors (Lipinski definition) is 2. The molecule has 4 N–H and O–H groups in total. The van der Waals surface area contributed by atoms with E-state index in [0.29, 0.717) is 0 Å². The summed E-state index contributed by atoms with van der Waals surface area (Å²) >= 11 is 0. The predicted octanol–water partition coefficient (Wildman–Crippen LogP) is 1.26. The molecule has 0 spiro atoms. The number of carbonyl (C=O) groups excluding carboxylic acids is 3. The van der Waals surface area contributed by atoms with Gasteiger partial charge in [-0.2, -0.15) is 0 Å². The smallest absolute Gasteiger partial charge is 0.375 e. The number of anilines is 1. The molecule has 12 heteroatoms. The Labute approximate surface area is 196 Å². The first-order valence-corrected chi connectivity index (χ1v) is 10.5. The first-order valence-electron chi connectivity index (χ1n) is 10.5. The van der Waals surface area contributed by atoms with Crippen molar-refractivity contribution in [2.75, 3.05) is 12.3 Å². The second-order valence-electron chi connectivity index (χ2n) is 8.37. The van der Waals surface area contributed by atoms with E-state index < -0.39 is 35.3 Å². The largest absolute Gasteiger partial charge is 0.458 e. The third-order valence-electron chi connectivity index (χ3n) is 4.66. The Kier molecular flexibility index (Phi) is 7.23. The Morgan fingerprint density at radius 2 is 1.82 bits per heavy atom. The molecule has 12 nitrogen and oxygen atoms in total. The minimum atomic E-state index is -1.61. The van der Waals surface area contributed by atoms with Crippen LogP contribution >= 0.6 is 0 Å². The Morgan fingerprint density at radius 1 is 1.15 bits per heavy atom. The number of fused-ring (bicyclic) bond motifs is 1. The van der Waals surface area contributed by atoms with Crippen molar-refractivity contribution >= 4 is 23.7 Å². The molecule has 2 aliphatic heterocycles. The number of hydrogen-bond acceptors (Lipinski definition) is 11. The van der Waals surface area contributed by atoms with E-state index in [9.17, 15) is 14.4 Å². The SMILES string of the molecule is CCN(N)C(C(=O)OC(C)(C)C)C(=O)n1c(C(=O)OCc2ccccc2)nc2ncnc-2c1N. The van der Waals surface area contributed by atoms with Gasteiger partial charge >= 0.3 is 11.9 Å². The molecule has 34 heavy (non-hydrogen) atoms. The monoisotopic (exact) mass is 469 g/mol. The number of benzene rings is 1. The second-order valence-corrected chi connectivity index (χ2v) is 8.37. The van der Waals surface area contributed by atoms with Crippen LogP contribution in [0.2, 0.25) is 0 Å². The Morgan fingerprint density at radius 3 is 2.44 bits per heavy atom. The number of nitrogen functional groups attached to an aromatic ring is 1. The highest BCUT2D eigenvalue weighted by molar-refractivity contribution is 6.07. The summed E-state index contributed by atoms with van der Waals surface area (Å²) < 4.78 is 11.5. The Bertz CT molecular complexity index is 1160. The molecule has 2 aliphatic rings. The van der Waals surface area contributed by atoms with Gasteiger partial charge in [0.1, 0.15) is 24.4 Å². The van der Waals surface area contributed by atoms with Crippen LogP contribution in [0.1, 0.15) is 48.7 Å². The number of esters is 2. The average molecular weight is 470 g/mol. The molecule has 0 saturated carbocycles. The zero-order valence-electron chi connectivity index (χ0n) is 19.4. The summed E-state index contributed by atoms with van der Waals surface area (Å²) in [6.45, 7) is 6.65. The lowest BCUT2D eigenvalue weighted by Gasteiger charge is -2.29. The molecule has 0 saturated heterocycles. The molecule has 1 atom stereocenters. The lowest BCUT2D eigenvalue weighted by molar-refractivity contribution is -0.159. The molecule has 0 radical (unpaired) electrons. The summed E-state index contributed by atoms with van der Waals surface area (Å²) in [4.78, 5) is 51.6. The fraction of sp³-hybridized carbons (Fsp3) is 0.364. The lowest BCUT2D eigenvalue weighted by Crippen LogP contribution is -2.54. The molecule has 0 amide bonds. The number of ether oxygens (including phenoxy) is 2. The summed E-state index contributed by atoms with van der Waals surface area (Å²) in [5, 5.41) is 0.989. The molecule has 2 heterocycles. The third-order valence-corrected chi connectivity index (χ3v) is 4.66. The van der Waals surface area contributed by atoms with Gasteiger partial charge in [-0.15, -0.1) is 0 Å². The number of nitrogens with two attached hydrogens (primary N) is 2. The first kappa shape index (κ1) is 24.7. The van der Waals surface area contributed by atoms with Crippen LogP contribution in [0.4, 0.5) is 5.82 Å². The molecule has 0 aliphatic carbocycles. The van der Waals surface area contributed by atoms with E-state index in [0.717, 1.165) is 15.1 Å². The summed E-state index contributed by atoms with van der Waals surface area (Å²) in [7, 11) is 0. The zero-order valence-corrected chi connectivity index (χ0v) is 19.4. The second kappa shape index (κ2) is 9.93. The van der Waals surface area contributed by atoms with Gasteiger partial charge in [0.25, 0.3) is 5.91 Å². The number of nitrogens with zero attached hydrogens (tertiary/aromatic N) is 5. The van der Waals surface area contributed by atoms with E-state index >= 15 is 0 Å². The summed E-state index contributed by atoms with van der Waals surface area (Å²) in [6, 6.07) is 7.34. The Balaban J connectivity index is 2.05. The van der Waals surface area contributed by atoms with Gasteiger partial charge in [-0.05, 0) is 26.3 Å². The van der Waals surface area contributed by atoms with E-state index in [1.165, 1.54) is 6.33 Å².